The van der Waals surface area contributed by atoms with Crippen LogP contribution in [0.2, 0.25) is 0 Å². The Bertz CT molecular complexity index is 928. The van der Waals surface area contributed by atoms with E-state index >= 15 is 0 Å². The van der Waals surface area contributed by atoms with Gasteiger partial charge in [-0.05, 0) is 32.0 Å². The average molecular weight is 356 g/mol. The Balaban J connectivity index is 1.56. The molecule has 3 aromatic rings. The van der Waals surface area contributed by atoms with Gasteiger partial charge in [0.2, 0.25) is 0 Å². The highest BCUT2D eigenvalue weighted by atomic mass is 32.1. The molecular formula is C17H20N6OS. The number of anilines is 2. The average Bonchev–Trinajstić information content (AvgIpc) is 3.16. The molecule has 3 heterocycles. The first-order chi connectivity index (χ1) is 12.1. The molecule has 8 heteroatoms. The van der Waals surface area contributed by atoms with Crippen molar-refractivity contribution in [2.24, 2.45) is 0 Å². The van der Waals surface area contributed by atoms with Crippen molar-refractivity contribution >= 4 is 34.1 Å². The Morgan fingerprint density at radius 3 is 2.56 bits per heavy atom. The van der Waals surface area contributed by atoms with E-state index in [2.05, 4.69) is 23.5 Å². The van der Waals surface area contributed by atoms with Gasteiger partial charge in [0.1, 0.15) is 0 Å². The number of rotatable bonds is 3. The van der Waals surface area contributed by atoms with Crippen LogP contribution in [-0.4, -0.2) is 44.5 Å². The second kappa shape index (κ2) is 6.44. The molecule has 25 heavy (non-hydrogen) atoms. The summed E-state index contributed by atoms with van der Waals surface area (Å²) in [5, 5.41) is 0.673. The van der Waals surface area contributed by atoms with Crippen LogP contribution in [-0.2, 0) is 0 Å². The van der Waals surface area contributed by atoms with Crippen molar-refractivity contribution in [2.45, 2.75) is 19.9 Å². The number of aromatic nitrogens is 4. The van der Waals surface area contributed by atoms with Crippen molar-refractivity contribution in [3.63, 3.8) is 0 Å². The van der Waals surface area contributed by atoms with Gasteiger partial charge in [0.25, 0.3) is 5.56 Å². The van der Waals surface area contributed by atoms with Crippen LogP contribution in [0.4, 0.5) is 11.5 Å². The number of piperazine rings is 1. The number of hydrogen-bond donors (Lipinski definition) is 0. The van der Waals surface area contributed by atoms with Crippen molar-refractivity contribution in [1.29, 1.82) is 0 Å². The molecule has 0 amide bonds. The van der Waals surface area contributed by atoms with Gasteiger partial charge in [0.15, 0.2) is 5.82 Å². The molecule has 0 radical (unpaired) electrons. The number of fused-ring (bicyclic) bond motifs is 1. The summed E-state index contributed by atoms with van der Waals surface area (Å²) in [4.78, 5) is 21.6. The van der Waals surface area contributed by atoms with Crippen LogP contribution in [0.1, 0.15) is 19.9 Å². The van der Waals surface area contributed by atoms with E-state index in [1.54, 1.807) is 10.9 Å². The van der Waals surface area contributed by atoms with Crippen LogP contribution in [0, 0.1) is 0 Å². The quantitative estimate of drug-likeness (QED) is 0.716. The third-order valence-electron chi connectivity index (χ3n) is 4.64. The van der Waals surface area contributed by atoms with E-state index in [4.69, 9.17) is 0 Å². The maximum Gasteiger partial charge on any atom is 0.261 e. The van der Waals surface area contributed by atoms with E-state index in [0.717, 1.165) is 43.2 Å². The van der Waals surface area contributed by atoms with Gasteiger partial charge < -0.3 is 9.80 Å². The zero-order valence-corrected chi connectivity index (χ0v) is 15.1. The lowest BCUT2D eigenvalue weighted by atomic mass is 10.2. The maximum absolute atomic E-state index is 12.5. The SMILES string of the molecule is CC(C)n1cnc2cc(N3CCN(c4cnsn4)CC3)ccc2c1=O. The van der Waals surface area contributed by atoms with Gasteiger partial charge in [-0.25, -0.2) is 4.98 Å². The Morgan fingerprint density at radius 1 is 1.12 bits per heavy atom. The molecule has 0 aliphatic carbocycles. The molecule has 0 bridgehead atoms. The van der Waals surface area contributed by atoms with Crippen LogP contribution >= 0.6 is 11.7 Å². The normalized spacial score (nSPS) is 15.3. The highest BCUT2D eigenvalue weighted by Crippen LogP contribution is 2.22. The molecule has 7 nitrogen and oxygen atoms in total. The van der Waals surface area contributed by atoms with Crippen molar-refractivity contribution < 1.29 is 0 Å². The first-order valence-electron chi connectivity index (χ1n) is 8.42. The van der Waals surface area contributed by atoms with Crippen LogP contribution in [0.5, 0.6) is 0 Å². The number of benzene rings is 1. The molecule has 1 aliphatic rings. The largest absolute Gasteiger partial charge is 0.368 e. The molecule has 0 spiro atoms. The minimum Gasteiger partial charge on any atom is -0.368 e. The summed E-state index contributed by atoms with van der Waals surface area (Å²) in [6.45, 7) is 7.61. The molecule has 1 fully saturated rings. The van der Waals surface area contributed by atoms with Gasteiger partial charge in [-0.2, -0.15) is 8.75 Å². The molecule has 0 saturated carbocycles. The molecule has 1 aliphatic heterocycles. The smallest absolute Gasteiger partial charge is 0.261 e. The van der Waals surface area contributed by atoms with Gasteiger partial charge in [0.05, 0.1) is 35.2 Å². The maximum atomic E-state index is 12.5. The van der Waals surface area contributed by atoms with Crippen LogP contribution in [0.25, 0.3) is 10.9 Å². The van der Waals surface area contributed by atoms with E-state index in [1.807, 2.05) is 38.2 Å². The number of nitrogens with zero attached hydrogens (tertiary/aromatic N) is 6. The van der Waals surface area contributed by atoms with Crippen molar-refractivity contribution in [3.05, 3.63) is 41.1 Å². The van der Waals surface area contributed by atoms with Gasteiger partial charge in [-0.15, -0.1) is 0 Å². The molecule has 0 N–H and O–H groups in total. The highest BCUT2D eigenvalue weighted by molar-refractivity contribution is 6.99. The standard InChI is InChI=1S/C17H20N6OS/c1-12(2)23-11-18-15-9-13(3-4-14(15)17(23)24)21-5-7-22(8-6-21)16-10-19-25-20-16/h3-4,9-12H,5-8H2,1-2H3. The minimum atomic E-state index is 0.0207. The van der Waals surface area contributed by atoms with E-state index in [9.17, 15) is 4.79 Å². The summed E-state index contributed by atoms with van der Waals surface area (Å²) in [6.07, 6.45) is 3.46. The van der Waals surface area contributed by atoms with Crippen LogP contribution in [0.15, 0.2) is 35.5 Å². The monoisotopic (exact) mass is 356 g/mol. The Kier molecular flexibility index (Phi) is 4.12. The van der Waals surface area contributed by atoms with Crippen molar-refractivity contribution in [1.82, 2.24) is 18.3 Å². The second-order valence-corrected chi connectivity index (χ2v) is 7.05. The van der Waals surface area contributed by atoms with Gasteiger partial charge in [-0.3, -0.25) is 9.36 Å². The number of hydrogen-bond acceptors (Lipinski definition) is 7. The zero-order valence-electron chi connectivity index (χ0n) is 14.3. The zero-order chi connectivity index (χ0) is 17.4. The molecule has 1 saturated heterocycles. The summed E-state index contributed by atoms with van der Waals surface area (Å²) in [6, 6.07) is 6.05. The van der Waals surface area contributed by atoms with Crippen molar-refractivity contribution in [3.8, 4) is 0 Å². The predicted octanol–water partition coefficient (Wildman–Crippen LogP) is 2.16. The first kappa shape index (κ1) is 16.0. The van der Waals surface area contributed by atoms with Crippen LogP contribution < -0.4 is 15.4 Å². The predicted molar refractivity (Wildman–Crippen MR) is 101 cm³/mol. The minimum absolute atomic E-state index is 0.0207. The van der Waals surface area contributed by atoms with E-state index in [0.29, 0.717) is 5.39 Å². The van der Waals surface area contributed by atoms with E-state index in [-0.39, 0.29) is 11.6 Å². The van der Waals surface area contributed by atoms with Crippen molar-refractivity contribution in [2.75, 3.05) is 36.0 Å². The van der Waals surface area contributed by atoms with Gasteiger partial charge >= 0.3 is 0 Å². The Labute approximate surface area is 149 Å². The molecule has 1 aromatic carbocycles. The molecule has 4 rings (SSSR count). The van der Waals surface area contributed by atoms with E-state index < -0.39 is 0 Å². The third kappa shape index (κ3) is 2.97. The molecule has 130 valence electrons. The second-order valence-electron chi connectivity index (χ2n) is 6.49. The summed E-state index contributed by atoms with van der Waals surface area (Å²) in [7, 11) is 0. The fourth-order valence-electron chi connectivity index (χ4n) is 3.18. The Hall–Kier alpha value is -2.48. The van der Waals surface area contributed by atoms with E-state index in [1.165, 1.54) is 11.7 Å². The summed E-state index contributed by atoms with van der Waals surface area (Å²) in [5.41, 5.74) is 1.88. The summed E-state index contributed by atoms with van der Waals surface area (Å²) in [5.74, 6) is 0.957. The first-order valence-corrected chi connectivity index (χ1v) is 9.15. The summed E-state index contributed by atoms with van der Waals surface area (Å²) >= 11 is 1.24. The Morgan fingerprint density at radius 2 is 1.88 bits per heavy atom. The summed E-state index contributed by atoms with van der Waals surface area (Å²) < 4.78 is 10.0. The highest BCUT2D eigenvalue weighted by Gasteiger charge is 2.19. The lowest BCUT2D eigenvalue weighted by Crippen LogP contribution is -2.46. The lowest BCUT2D eigenvalue weighted by molar-refractivity contribution is 0.573. The van der Waals surface area contributed by atoms with Gasteiger partial charge in [-0.1, -0.05) is 0 Å². The fourth-order valence-corrected chi connectivity index (χ4v) is 3.62. The molecule has 2 aromatic heterocycles. The fraction of sp³-hybridized carbons (Fsp3) is 0.412. The molecule has 0 atom stereocenters. The van der Waals surface area contributed by atoms with Gasteiger partial charge in [0, 0.05) is 37.9 Å². The molecule has 0 unspecified atom stereocenters. The lowest BCUT2D eigenvalue weighted by Gasteiger charge is -2.36. The molecular weight excluding hydrogens is 336 g/mol. The topological polar surface area (TPSA) is 67.2 Å². The van der Waals surface area contributed by atoms with Crippen LogP contribution in [0.3, 0.4) is 0 Å². The third-order valence-corrected chi connectivity index (χ3v) is 5.11.